The molecule has 0 spiro atoms. The summed E-state index contributed by atoms with van der Waals surface area (Å²) >= 11 is 0. The standard InChI is InChI=1S/C40H70O6/c1-3-43-33-37(35-27-21-19-22-28-35)45-39(41)31-25-17-15-13-11-9-7-5-6-8-10-12-14-16-18-26-32-40(42)46-38(34-44-4-2)36-29-23-20-24-30-36/h3-4,35-38H,1-2,5-34H2. The Balaban J connectivity index is 1.33. The average molecular weight is 647 g/mol. The lowest BCUT2D eigenvalue weighted by molar-refractivity contribution is -0.156. The fraction of sp³-hybridized carbons (Fsp3) is 0.850. The second-order valence-electron chi connectivity index (χ2n) is 14.0. The first-order valence-corrected chi connectivity index (χ1v) is 19.5. The average Bonchev–Trinajstić information content (AvgIpc) is 3.08. The first-order valence-electron chi connectivity index (χ1n) is 19.5. The van der Waals surface area contributed by atoms with E-state index in [0.29, 0.717) is 37.9 Å². The molecule has 2 aliphatic carbocycles. The van der Waals surface area contributed by atoms with Gasteiger partial charge in [0.25, 0.3) is 0 Å². The zero-order valence-corrected chi connectivity index (χ0v) is 29.5. The van der Waals surface area contributed by atoms with E-state index in [4.69, 9.17) is 18.9 Å². The highest BCUT2D eigenvalue weighted by molar-refractivity contribution is 5.69. The van der Waals surface area contributed by atoms with E-state index in [9.17, 15) is 9.59 Å². The normalized spacial score (nSPS) is 17.1. The van der Waals surface area contributed by atoms with E-state index >= 15 is 0 Å². The zero-order chi connectivity index (χ0) is 32.9. The first-order chi connectivity index (χ1) is 22.6. The second-order valence-corrected chi connectivity index (χ2v) is 14.0. The Bertz CT molecular complexity index is 706. The molecule has 0 aromatic carbocycles. The molecule has 2 aliphatic rings. The predicted octanol–water partition coefficient (Wildman–Crippen LogP) is 11.3. The van der Waals surface area contributed by atoms with Crippen molar-refractivity contribution in [3.05, 3.63) is 25.7 Å². The molecule has 0 radical (unpaired) electrons. The summed E-state index contributed by atoms with van der Waals surface area (Å²) in [5, 5.41) is 0. The van der Waals surface area contributed by atoms with E-state index in [1.807, 2.05) is 0 Å². The Morgan fingerprint density at radius 1 is 0.478 bits per heavy atom. The van der Waals surface area contributed by atoms with E-state index in [2.05, 4.69) is 13.2 Å². The molecule has 0 aliphatic heterocycles. The molecular formula is C40H70O6. The number of ether oxygens (including phenoxy) is 4. The van der Waals surface area contributed by atoms with Crippen LogP contribution in [0, 0.1) is 11.8 Å². The number of hydrogen-bond donors (Lipinski definition) is 0. The van der Waals surface area contributed by atoms with Gasteiger partial charge in [0.2, 0.25) is 0 Å². The highest BCUT2D eigenvalue weighted by Crippen LogP contribution is 2.30. The van der Waals surface area contributed by atoms with Crippen LogP contribution in [0.5, 0.6) is 0 Å². The second kappa shape index (κ2) is 28.1. The molecule has 0 aromatic rings. The molecule has 2 atom stereocenters. The van der Waals surface area contributed by atoms with E-state index in [1.54, 1.807) is 0 Å². The molecule has 2 unspecified atom stereocenters. The molecule has 0 aromatic heterocycles. The Labute approximate surface area is 282 Å². The first kappa shape index (κ1) is 40.2. The summed E-state index contributed by atoms with van der Waals surface area (Å²) in [5.74, 6) is 0.752. The fourth-order valence-corrected chi connectivity index (χ4v) is 7.34. The molecular weight excluding hydrogens is 576 g/mol. The summed E-state index contributed by atoms with van der Waals surface area (Å²) in [4.78, 5) is 24.8. The van der Waals surface area contributed by atoms with Crippen molar-refractivity contribution >= 4 is 11.9 Å². The summed E-state index contributed by atoms with van der Waals surface area (Å²) in [6, 6.07) is 0. The summed E-state index contributed by atoms with van der Waals surface area (Å²) in [6.45, 7) is 8.14. The molecule has 0 bridgehead atoms. The number of rotatable bonds is 29. The van der Waals surface area contributed by atoms with Crippen LogP contribution in [-0.4, -0.2) is 37.4 Å². The minimum Gasteiger partial charge on any atom is -0.498 e. The third-order valence-corrected chi connectivity index (χ3v) is 10.2. The lowest BCUT2D eigenvalue weighted by Gasteiger charge is -2.29. The molecule has 0 heterocycles. The maximum absolute atomic E-state index is 12.4. The van der Waals surface area contributed by atoms with Gasteiger partial charge in [0.15, 0.2) is 0 Å². The molecule has 6 heteroatoms. The van der Waals surface area contributed by atoms with Gasteiger partial charge in [-0.15, -0.1) is 0 Å². The van der Waals surface area contributed by atoms with Crippen molar-refractivity contribution in [1.29, 1.82) is 0 Å². The van der Waals surface area contributed by atoms with Gasteiger partial charge in [0, 0.05) is 12.8 Å². The minimum absolute atomic E-state index is 0.0605. The van der Waals surface area contributed by atoms with Crippen LogP contribution in [0.1, 0.15) is 180 Å². The third kappa shape index (κ3) is 20.3. The monoisotopic (exact) mass is 647 g/mol. The topological polar surface area (TPSA) is 71.1 Å². The van der Waals surface area contributed by atoms with E-state index in [0.717, 1.165) is 51.4 Å². The van der Waals surface area contributed by atoms with Gasteiger partial charge in [-0.25, -0.2) is 0 Å². The molecule has 2 rings (SSSR count). The summed E-state index contributed by atoms with van der Waals surface area (Å²) < 4.78 is 22.5. The van der Waals surface area contributed by atoms with Crippen LogP contribution in [0.2, 0.25) is 0 Å². The molecule has 46 heavy (non-hydrogen) atoms. The number of esters is 2. The maximum Gasteiger partial charge on any atom is 0.306 e. The number of unbranched alkanes of at least 4 members (excludes halogenated alkanes) is 15. The highest BCUT2D eigenvalue weighted by atomic mass is 16.6. The quantitative estimate of drug-likeness (QED) is 0.0457. The predicted molar refractivity (Wildman–Crippen MR) is 188 cm³/mol. The van der Waals surface area contributed by atoms with Crippen molar-refractivity contribution in [3.63, 3.8) is 0 Å². The van der Waals surface area contributed by atoms with Crippen LogP contribution in [0.4, 0.5) is 0 Å². The molecule has 2 saturated carbocycles. The van der Waals surface area contributed by atoms with Crippen LogP contribution in [0.15, 0.2) is 25.7 Å². The summed E-state index contributed by atoms with van der Waals surface area (Å²) in [6.07, 6.45) is 35.5. The SMILES string of the molecule is C=COCC(OC(=O)CCCCCCCCCCCCCCCCCCC(=O)OC(COC=C)C1CCCCC1)C1CCCCC1. The minimum atomic E-state index is -0.118. The number of hydrogen-bond acceptors (Lipinski definition) is 6. The smallest absolute Gasteiger partial charge is 0.306 e. The van der Waals surface area contributed by atoms with Crippen molar-refractivity contribution in [3.8, 4) is 0 Å². The van der Waals surface area contributed by atoms with Crippen molar-refractivity contribution in [1.82, 2.24) is 0 Å². The van der Waals surface area contributed by atoms with Crippen LogP contribution in [0.3, 0.4) is 0 Å². The molecule has 0 amide bonds. The highest BCUT2D eigenvalue weighted by Gasteiger charge is 2.28. The molecule has 0 saturated heterocycles. The lowest BCUT2D eigenvalue weighted by Crippen LogP contribution is -2.32. The third-order valence-electron chi connectivity index (χ3n) is 10.2. The Morgan fingerprint density at radius 2 is 0.761 bits per heavy atom. The van der Waals surface area contributed by atoms with Gasteiger partial charge in [-0.3, -0.25) is 9.59 Å². The van der Waals surface area contributed by atoms with Crippen molar-refractivity contribution < 1.29 is 28.5 Å². The molecule has 2 fully saturated rings. The van der Waals surface area contributed by atoms with Gasteiger partial charge in [0.05, 0.1) is 12.5 Å². The maximum atomic E-state index is 12.4. The Kier molecular flexibility index (Phi) is 24.5. The molecule has 0 N–H and O–H groups in total. The number of carbonyl (C=O) groups is 2. The van der Waals surface area contributed by atoms with Crippen molar-refractivity contribution in [2.75, 3.05) is 13.2 Å². The zero-order valence-electron chi connectivity index (χ0n) is 29.5. The van der Waals surface area contributed by atoms with Crippen LogP contribution < -0.4 is 0 Å². The summed E-state index contributed by atoms with van der Waals surface area (Å²) in [7, 11) is 0. The largest absolute Gasteiger partial charge is 0.498 e. The summed E-state index contributed by atoms with van der Waals surface area (Å²) in [5.41, 5.74) is 0. The van der Waals surface area contributed by atoms with Gasteiger partial charge >= 0.3 is 11.9 Å². The van der Waals surface area contributed by atoms with Crippen molar-refractivity contribution in [2.24, 2.45) is 11.8 Å². The van der Waals surface area contributed by atoms with Gasteiger partial charge in [-0.1, -0.05) is 142 Å². The van der Waals surface area contributed by atoms with E-state index in [-0.39, 0.29) is 24.1 Å². The molecule has 266 valence electrons. The van der Waals surface area contributed by atoms with E-state index < -0.39 is 0 Å². The van der Waals surface area contributed by atoms with Gasteiger partial charge in [0.1, 0.15) is 25.4 Å². The van der Waals surface area contributed by atoms with Gasteiger partial charge in [-0.05, 0) is 50.4 Å². The van der Waals surface area contributed by atoms with Gasteiger partial charge in [-0.2, -0.15) is 0 Å². The Morgan fingerprint density at radius 3 is 1.04 bits per heavy atom. The van der Waals surface area contributed by atoms with E-state index in [1.165, 1.54) is 128 Å². The van der Waals surface area contributed by atoms with Crippen molar-refractivity contribution in [2.45, 2.75) is 192 Å². The van der Waals surface area contributed by atoms with Crippen LogP contribution in [-0.2, 0) is 28.5 Å². The Hall–Kier alpha value is -1.98. The lowest BCUT2D eigenvalue weighted by atomic mass is 9.85. The fourth-order valence-electron chi connectivity index (χ4n) is 7.34. The van der Waals surface area contributed by atoms with Gasteiger partial charge < -0.3 is 18.9 Å². The van der Waals surface area contributed by atoms with Crippen LogP contribution in [0.25, 0.3) is 0 Å². The number of carbonyl (C=O) groups excluding carboxylic acids is 2. The van der Waals surface area contributed by atoms with Crippen LogP contribution >= 0.6 is 0 Å². The molecule has 6 nitrogen and oxygen atoms in total.